The molecule has 0 atom stereocenters. The van der Waals surface area contributed by atoms with Crippen molar-refractivity contribution in [3.8, 4) is 0 Å². The highest BCUT2D eigenvalue weighted by Crippen LogP contribution is 2.26. The molecule has 0 N–H and O–H groups in total. The molecule has 0 unspecified atom stereocenters. The molecule has 1 heterocycles. The summed E-state index contributed by atoms with van der Waals surface area (Å²) in [4.78, 5) is 21.3. The summed E-state index contributed by atoms with van der Waals surface area (Å²) in [5.41, 5.74) is 1.37. The van der Waals surface area contributed by atoms with Crippen molar-refractivity contribution in [1.82, 2.24) is 4.57 Å². The predicted octanol–water partition coefficient (Wildman–Crippen LogP) is 3.31. The van der Waals surface area contributed by atoms with E-state index in [-0.39, 0.29) is 5.91 Å². The molecule has 5 nitrogen and oxygen atoms in total. The second-order valence-corrected chi connectivity index (χ2v) is 4.65. The number of rotatable bonds is 2. The SMILES string of the molecule is CC(=O)n1cc(/C=C/[N+](=O)[O-])c2cc(Br)ccc21. The highest BCUT2D eigenvalue weighted by Gasteiger charge is 2.10. The van der Waals surface area contributed by atoms with Gasteiger partial charge in [-0.25, -0.2) is 0 Å². The Balaban J connectivity index is 2.69. The van der Waals surface area contributed by atoms with Gasteiger partial charge in [0.25, 0.3) is 0 Å². The predicted molar refractivity (Wildman–Crippen MR) is 72.0 cm³/mol. The Hall–Kier alpha value is -1.95. The van der Waals surface area contributed by atoms with E-state index in [1.165, 1.54) is 17.6 Å². The zero-order chi connectivity index (χ0) is 13.3. The normalized spacial score (nSPS) is 11.2. The van der Waals surface area contributed by atoms with Crippen molar-refractivity contribution in [3.05, 3.63) is 50.7 Å². The number of nitrogens with zero attached hydrogens (tertiary/aromatic N) is 2. The van der Waals surface area contributed by atoms with Gasteiger partial charge in [-0.2, -0.15) is 0 Å². The van der Waals surface area contributed by atoms with Crippen LogP contribution >= 0.6 is 15.9 Å². The van der Waals surface area contributed by atoms with E-state index in [4.69, 9.17) is 0 Å². The molecule has 6 heteroatoms. The van der Waals surface area contributed by atoms with Gasteiger partial charge in [-0.05, 0) is 18.2 Å². The van der Waals surface area contributed by atoms with Crippen LogP contribution in [0.3, 0.4) is 0 Å². The van der Waals surface area contributed by atoms with E-state index >= 15 is 0 Å². The topological polar surface area (TPSA) is 65.1 Å². The fraction of sp³-hybridized carbons (Fsp3) is 0.0833. The van der Waals surface area contributed by atoms with Gasteiger partial charge in [0.05, 0.1) is 10.4 Å². The molecule has 0 spiro atoms. The molecule has 1 aromatic heterocycles. The Labute approximate surface area is 111 Å². The number of hydrogen-bond acceptors (Lipinski definition) is 3. The quantitative estimate of drug-likeness (QED) is 0.631. The van der Waals surface area contributed by atoms with Gasteiger partial charge in [-0.3, -0.25) is 19.5 Å². The molecule has 0 aliphatic carbocycles. The maximum atomic E-state index is 11.5. The monoisotopic (exact) mass is 308 g/mol. The molecule has 0 saturated carbocycles. The minimum absolute atomic E-state index is 0.136. The van der Waals surface area contributed by atoms with Crippen LogP contribution in [-0.2, 0) is 0 Å². The lowest BCUT2D eigenvalue weighted by Crippen LogP contribution is -2.02. The molecule has 1 aromatic carbocycles. The third-order valence-electron chi connectivity index (χ3n) is 2.51. The van der Waals surface area contributed by atoms with Crippen LogP contribution in [0.1, 0.15) is 17.3 Å². The van der Waals surface area contributed by atoms with E-state index in [1.54, 1.807) is 12.3 Å². The third kappa shape index (κ3) is 2.33. The summed E-state index contributed by atoms with van der Waals surface area (Å²) in [6.07, 6.45) is 3.84. The largest absolute Gasteiger partial charge is 0.287 e. The van der Waals surface area contributed by atoms with Crippen LogP contribution in [0.15, 0.2) is 35.1 Å². The molecule has 92 valence electrons. The zero-order valence-electron chi connectivity index (χ0n) is 9.46. The van der Waals surface area contributed by atoms with Gasteiger partial charge in [-0.1, -0.05) is 15.9 Å². The zero-order valence-corrected chi connectivity index (χ0v) is 11.0. The van der Waals surface area contributed by atoms with E-state index in [0.29, 0.717) is 5.56 Å². The number of nitro groups is 1. The summed E-state index contributed by atoms with van der Waals surface area (Å²) in [6, 6.07) is 5.45. The van der Waals surface area contributed by atoms with Crippen molar-refractivity contribution in [3.63, 3.8) is 0 Å². The van der Waals surface area contributed by atoms with E-state index in [1.807, 2.05) is 12.1 Å². The fourth-order valence-electron chi connectivity index (χ4n) is 1.76. The van der Waals surface area contributed by atoms with E-state index < -0.39 is 4.92 Å². The van der Waals surface area contributed by atoms with E-state index in [9.17, 15) is 14.9 Å². The van der Waals surface area contributed by atoms with Crippen molar-refractivity contribution in [2.24, 2.45) is 0 Å². The van der Waals surface area contributed by atoms with Crippen molar-refractivity contribution >= 4 is 38.8 Å². The lowest BCUT2D eigenvalue weighted by molar-refractivity contribution is -0.400. The summed E-state index contributed by atoms with van der Waals surface area (Å²) < 4.78 is 2.33. The van der Waals surface area contributed by atoms with E-state index in [2.05, 4.69) is 15.9 Å². The molecular weight excluding hydrogens is 300 g/mol. The molecule has 18 heavy (non-hydrogen) atoms. The number of carbonyl (C=O) groups is 1. The molecule has 0 aliphatic rings. The van der Waals surface area contributed by atoms with Crippen LogP contribution in [0.4, 0.5) is 0 Å². The van der Waals surface area contributed by atoms with Crippen LogP contribution in [0.25, 0.3) is 17.0 Å². The number of halogens is 1. The summed E-state index contributed by atoms with van der Waals surface area (Å²) in [5, 5.41) is 11.1. The van der Waals surface area contributed by atoms with Gasteiger partial charge in [0.15, 0.2) is 0 Å². The van der Waals surface area contributed by atoms with Gasteiger partial charge >= 0.3 is 0 Å². The van der Waals surface area contributed by atoms with Gasteiger partial charge in [0.1, 0.15) is 0 Å². The van der Waals surface area contributed by atoms with E-state index in [0.717, 1.165) is 21.6 Å². The summed E-state index contributed by atoms with van der Waals surface area (Å²) in [5.74, 6) is -0.136. The number of aromatic nitrogens is 1. The van der Waals surface area contributed by atoms with Crippen LogP contribution in [0.2, 0.25) is 0 Å². The molecular formula is C12H9BrN2O3. The lowest BCUT2D eigenvalue weighted by Gasteiger charge is -1.98. The number of fused-ring (bicyclic) bond motifs is 1. The number of hydrogen-bond donors (Lipinski definition) is 0. The Morgan fingerprint density at radius 3 is 2.83 bits per heavy atom. The standard InChI is InChI=1S/C12H9BrN2O3/c1-8(16)14-7-9(4-5-15(17)18)11-6-10(13)2-3-12(11)14/h2-7H,1H3/b5-4+. The Morgan fingerprint density at radius 1 is 1.50 bits per heavy atom. The van der Waals surface area contributed by atoms with Crippen molar-refractivity contribution < 1.29 is 9.72 Å². The highest BCUT2D eigenvalue weighted by atomic mass is 79.9. The van der Waals surface area contributed by atoms with Crippen molar-refractivity contribution in [1.29, 1.82) is 0 Å². The first-order valence-electron chi connectivity index (χ1n) is 5.12. The second-order valence-electron chi connectivity index (χ2n) is 3.74. The second kappa shape index (κ2) is 4.73. The average molecular weight is 309 g/mol. The molecule has 0 aliphatic heterocycles. The molecule has 0 radical (unpaired) electrons. The minimum atomic E-state index is -0.533. The van der Waals surface area contributed by atoms with Gasteiger partial charge in [0, 0.05) is 34.6 Å². The molecule has 2 rings (SSSR count). The first kappa shape index (κ1) is 12.5. The van der Waals surface area contributed by atoms with Crippen LogP contribution < -0.4 is 0 Å². The first-order valence-corrected chi connectivity index (χ1v) is 5.91. The van der Waals surface area contributed by atoms with Gasteiger partial charge < -0.3 is 0 Å². The van der Waals surface area contributed by atoms with Crippen molar-refractivity contribution in [2.75, 3.05) is 0 Å². The van der Waals surface area contributed by atoms with Gasteiger partial charge in [0.2, 0.25) is 12.1 Å². The maximum absolute atomic E-state index is 11.5. The summed E-state index contributed by atoms with van der Waals surface area (Å²) in [7, 11) is 0. The highest BCUT2D eigenvalue weighted by molar-refractivity contribution is 9.10. The molecule has 0 saturated heterocycles. The number of carbonyl (C=O) groups excluding carboxylic acids is 1. The smallest absolute Gasteiger partial charge is 0.235 e. The minimum Gasteiger partial charge on any atom is -0.287 e. The molecule has 0 fully saturated rings. The van der Waals surface area contributed by atoms with Crippen LogP contribution in [0.5, 0.6) is 0 Å². The van der Waals surface area contributed by atoms with Crippen LogP contribution in [0, 0.1) is 10.1 Å². The fourth-order valence-corrected chi connectivity index (χ4v) is 2.12. The Bertz CT molecular complexity index is 673. The number of benzene rings is 1. The van der Waals surface area contributed by atoms with Crippen molar-refractivity contribution in [2.45, 2.75) is 6.92 Å². The molecule has 2 aromatic rings. The maximum Gasteiger partial charge on any atom is 0.235 e. The summed E-state index contributed by atoms with van der Waals surface area (Å²) in [6.45, 7) is 1.45. The lowest BCUT2D eigenvalue weighted by atomic mass is 10.2. The third-order valence-corrected chi connectivity index (χ3v) is 3.01. The first-order chi connectivity index (χ1) is 8.49. The summed E-state index contributed by atoms with van der Waals surface area (Å²) >= 11 is 3.34. The Kier molecular flexibility index (Phi) is 3.29. The van der Waals surface area contributed by atoms with Crippen LogP contribution in [-0.4, -0.2) is 15.4 Å². The molecule has 0 bridgehead atoms. The Morgan fingerprint density at radius 2 is 2.22 bits per heavy atom. The van der Waals surface area contributed by atoms with Gasteiger partial charge in [-0.15, -0.1) is 0 Å². The average Bonchev–Trinajstić information content (AvgIpc) is 2.64. The molecule has 0 amide bonds.